The van der Waals surface area contributed by atoms with Crippen LogP contribution in [0.5, 0.6) is 0 Å². The van der Waals surface area contributed by atoms with Crippen LogP contribution in [0.25, 0.3) is 22.8 Å². The summed E-state index contributed by atoms with van der Waals surface area (Å²) in [6.07, 6.45) is 4.03. The predicted molar refractivity (Wildman–Crippen MR) is 156 cm³/mol. The fraction of sp³-hybridized carbons (Fsp3) is 0.394. The molecule has 6 heteroatoms. The smallest absolute Gasteiger partial charge is 0.104 e. The Morgan fingerprint density at radius 3 is 1.31 bits per heavy atom. The van der Waals surface area contributed by atoms with Gasteiger partial charge in [-0.3, -0.25) is 9.97 Å². The zero-order valence-electron chi connectivity index (χ0n) is 24.0. The number of hydrogen-bond donors (Lipinski definition) is 0. The molecule has 0 fully saturated rings. The lowest BCUT2D eigenvalue weighted by Crippen LogP contribution is -2.25. The van der Waals surface area contributed by atoms with Crippen LogP contribution in [0.4, 0.5) is 0 Å². The van der Waals surface area contributed by atoms with E-state index in [-0.39, 0.29) is 23.0 Å². The maximum Gasteiger partial charge on any atom is 0.104 e. The maximum absolute atomic E-state index is 6.45. The van der Waals surface area contributed by atoms with Gasteiger partial charge in [-0.15, -0.1) is 0 Å². The summed E-state index contributed by atoms with van der Waals surface area (Å²) in [7, 11) is 0. The van der Waals surface area contributed by atoms with Crippen molar-refractivity contribution in [1.82, 2.24) is 19.9 Å². The van der Waals surface area contributed by atoms with E-state index >= 15 is 0 Å². The van der Waals surface area contributed by atoms with E-state index < -0.39 is 0 Å². The summed E-state index contributed by atoms with van der Waals surface area (Å²) in [6, 6.07) is 23.8. The second kappa shape index (κ2) is 12.6. The first-order valence-electron chi connectivity index (χ1n) is 13.6. The molecule has 0 unspecified atom stereocenters. The van der Waals surface area contributed by atoms with Gasteiger partial charge in [0.05, 0.1) is 34.2 Å². The van der Waals surface area contributed by atoms with E-state index in [1.165, 1.54) is 0 Å². The molecular weight excluding hydrogens is 484 g/mol. The van der Waals surface area contributed by atoms with Gasteiger partial charge in [0.25, 0.3) is 0 Å². The van der Waals surface area contributed by atoms with Crippen molar-refractivity contribution in [3.05, 3.63) is 96.6 Å². The Balaban J connectivity index is 1.40. The standard InChI is InChI=1S/C33H40N4O2/c1-32(2,3)30(28-18-11-16-26(36-28)24-14-7-9-20-34-24)38-22-13-23-39-31(33(4,5)6)29-19-12-17-27(37-29)25-15-8-10-21-35-25/h7-12,14-21,30-31H,13,22-23H2,1-6H3/t30-,31-/m0/s1. The van der Waals surface area contributed by atoms with Crippen molar-refractivity contribution in [1.29, 1.82) is 0 Å². The first-order valence-corrected chi connectivity index (χ1v) is 13.6. The monoisotopic (exact) mass is 524 g/mol. The summed E-state index contributed by atoms with van der Waals surface area (Å²) < 4.78 is 12.9. The molecule has 4 rings (SSSR count). The van der Waals surface area contributed by atoms with Crippen LogP contribution in [0, 0.1) is 10.8 Å². The topological polar surface area (TPSA) is 70.0 Å². The minimum atomic E-state index is -0.156. The highest BCUT2D eigenvalue weighted by atomic mass is 16.5. The van der Waals surface area contributed by atoms with Crippen LogP contribution in [-0.2, 0) is 9.47 Å². The molecule has 0 bridgehead atoms. The molecule has 0 amide bonds. The minimum Gasteiger partial charge on any atom is -0.371 e. The highest BCUT2D eigenvalue weighted by molar-refractivity contribution is 5.54. The summed E-state index contributed by atoms with van der Waals surface area (Å²) in [4.78, 5) is 18.7. The zero-order valence-corrected chi connectivity index (χ0v) is 24.0. The number of pyridine rings is 4. The lowest BCUT2D eigenvalue weighted by Gasteiger charge is -2.32. The van der Waals surface area contributed by atoms with Crippen LogP contribution in [0.2, 0.25) is 0 Å². The van der Waals surface area contributed by atoms with Gasteiger partial charge in [-0.05, 0) is 65.8 Å². The summed E-state index contributed by atoms with van der Waals surface area (Å²) in [5.41, 5.74) is 4.99. The third kappa shape index (κ3) is 7.78. The molecule has 0 N–H and O–H groups in total. The molecule has 0 aliphatic carbocycles. The fourth-order valence-electron chi connectivity index (χ4n) is 4.53. The van der Waals surface area contributed by atoms with E-state index in [0.717, 1.165) is 40.6 Å². The highest BCUT2D eigenvalue weighted by Crippen LogP contribution is 2.37. The van der Waals surface area contributed by atoms with Crippen LogP contribution in [-0.4, -0.2) is 33.1 Å². The first-order chi connectivity index (χ1) is 18.6. The van der Waals surface area contributed by atoms with Gasteiger partial charge in [0.2, 0.25) is 0 Å². The van der Waals surface area contributed by atoms with Gasteiger partial charge in [-0.25, -0.2) is 9.97 Å². The predicted octanol–water partition coefficient (Wildman–Crippen LogP) is 7.90. The average Bonchev–Trinajstić information content (AvgIpc) is 2.92. The number of aromatic nitrogens is 4. The van der Waals surface area contributed by atoms with Gasteiger partial charge in [-0.2, -0.15) is 0 Å². The second-order valence-corrected chi connectivity index (χ2v) is 11.9. The normalized spacial score (nSPS) is 13.7. The molecule has 0 aliphatic rings. The van der Waals surface area contributed by atoms with E-state index in [1.54, 1.807) is 12.4 Å². The summed E-state index contributed by atoms with van der Waals surface area (Å²) in [6.45, 7) is 14.2. The Kier molecular flexibility index (Phi) is 9.20. The van der Waals surface area contributed by atoms with Gasteiger partial charge < -0.3 is 9.47 Å². The lowest BCUT2D eigenvalue weighted by molar-refractivity contribution is -0.0541. The SMILES string of the molecule is CC(C)(C)[C@@H](OCCCO[C@@H](c1cccc(-c2ccccn2)n1)C(C)(C)C)c1cccc(-c2ccccn2)n1. The maximum atomic E-state index is 6.45. The third-order valence-electron chi connectivity index (χ3n) is 6.36. The van der Waals surface area contributed by atoms with E-state index in [2.05, 4.69) is 51.5 Å². The largest absolute Gasteiger partial charge is 0.371 e. The third-order valence-corrected chi connectivity index (χ3v) is 6.36. The zero-order chi connectivity index (χ0) is 27.9. The van der Waals surface area contributed by atoms with Crippen molar-refractivity contribution in [3.8, 4) is 22.8 Å². The Bertz CT molecular complexity index is 1210. The molecule has 4 aromatic heterocycles. The number of hydrogen-bond acceptors (Lipinski definition) is 6. The molecule has 0 saturated heterocycles. The molecule has 39 heavy (non-hydrogen) atoms. The minimum absolute atomic E-state index is 0.125. The van der Waals surface area contributed by atoms with Gasteiger partial charge in [0.1, 0.15) is 12.2 Å². The molecule has 0 spiro atoms. The summed E-state index contributed by atoms with van der Waals surface area (Å²) in [5, 5.41) is 0. The summed E-state index contributed by atoms with van der Waals surface area (Å²) in [5.74, 6) is 0. The van der Waals surface area contributed by atoms with Crippen LogP contribution in [0.1, 0.15) is 71.6 Å². The second-order valence-electron chi connectivity index (χ2n) is 11.9. The fourth-order valence-corrected chi connectivity index (χ4v) is 4.53. The van der Waals surface area contributed by atoms with Crippen LogP contribution < -0.4 is 0 Å². The van der Waals surface area contributed by atoms with Crippen molar-refractivity contribution in [2.24, 2.45) is 10.8 Å². The molecule has 6 nitrogen and oxygen atoms in total. The molecule has 2 atom stereocenters. The Morgan fingerprint density at radius 2 is 0.949 bits per heavy atom. The highest BCUT2D eigenvalue weighted by Gasteiger charge is 2.30. The first kappa shape index (κ1) is 28.5. The average molecular weight is 525 g/mol. The van der Waals surface area contributed by atoms with Gasteiger partial charge in [0.15, 0.2) is 0 Å². The van der Waals surface area contributed by atoms with Crippen molar-refractivity contribution in [2.75, 3.05) is 13.2 Å². The number of nitrogens with zero attached hydrogens (tertiary/aromatic N) is 4. The Morgan fingerprint density at radius 1 is 0.538 bits per heavy atom. The Labute approximate surface area is 232 Å². The van der Waals surface area contributed by atoms with E-state index in [9.17, 15) is 0 Å². The van der Waals surface area contributed by atoms with Gasteiger partial charge in [0, 0.05) is 25.6 Å². The molecule has 4 heterocycles. The van der Waals surface area contributed by atoms with Crippen molar-refractivity contribution >= 4 is 0 Å². The molecule has 0 aromatic carbocycles. The van der Waals surface area contributed by atoms with E-state index in [0.29, 0.717) is 13.2 Å². The van der Waals surface area contributed by atoms with Crippen LogP contribution in [0.3, 0.4) is 0 Å². The summed E-state index contributed by atoms with van der Waals surface area (Å²) >= 11 is 0. The van der Waals surface area contributed by atoms with Crippen LogP contribution in [0.15, 0.2) is 85.2 Å². The number of ether oxygens (including phenoxy) is 2. The van der Waals surface area contributed by atoms with Gasteiger partial charge >= 0.3 is 0 Å². The van der Waals surface area contributed by atoms with Crippen molar-refractivity contribution in [2.45, 2.75) is 60.2 Å². The molecule has 0 saturated carbocycles. The molecule has 0 radical (unpaired) electrons. The quantitative estimate of drug-likeness (QED) is 0.196. The molecular formula is C33H40N4O2. The van der Waals surface area contributed by atoms with Crippen LogP contribution >= 0.6 is 0 Å². The molecule has 4 aromatic rings. The Hall–Kier alpha value is -3.48. The lowest BCUT2D eigenvalue weighted by atomic mass is 9.86. The van der Waals surface area contributed by atoms with E-state index in [1.807, 2.05) is 72.8 Å². The number of rotatable bonds is 10. The van der Waals surface area contributed by atoms with E-state index in [4.69, 9.17) is 19.4 Å². The van der Waals surface area contributed by atoms with Crippen molar-refractivity contribution in [3.63, 3.8) is 0 Å². The van der Waals surface area contributed by atoms with Crippen molar-refractivity contribution < 1.29 is 9.47 Å². The molecule has 0 aliphatic heterocycles. The molecule has 204 valence electrons. The van der Waals surface area contributed by atoms with Gasteiger partial charge in [-0.1, -0.05) is 65.8 Å².